The third-order valence-corrected chi connectivity index (χ3v) is 0.367. The van der Waals surface area contributed by atoms with Crippen molar-refractivity contribution in [2.24, 2.45) is 5.16 Å². The van der Waals surface area contributed by atoms with Crippen molar-refractivity contribution < 1.29 is 81.5 Å². The third-order valence-electron chi connectivity index (χ3n) is 0.367. The summed E-state index contributed by atoms with van der Waals surface area (Å²) in [4.78, 5) is 8.24. The number of allylic oxidation sites excluding steroid dienone is 1. The van der Waals surface area contributed by atoms with Gasteiger partial charge in [-0.05, 0) is 11.2 Å². The van der Waals surface area contributed by atoms with E-state index in [1.165, 1.54) is 12.5 Å². The molecule has 0 spiro atoms. The van der Waals surface area contributed by atoms with Crippen LogP contribution < -0.4 is 71.7 Å². The molecule has 0 amide bonds. The van der Waals surface area contributed by atoms with E-state index in [1.54, 1.807) is 6.08 Å². The quantitative estimate of drug-likeness (QED) is 0.262. The Hall–Kier alpha value is 0.747. The van der Waals surface area contributed by atoms with Crippen molar-refractivity contribution in [3.05, 3.63) is 12.3 Å². The maximum absolute atomic E-state index is 8.42. The number of rotatable bonds is 0. The van der Waals surface area contributed by atoms with Crippen molar-refractivity contribution in [2.45, 2.75) is 0 Å². The largest absolute Gasteiger partial charge is 1.00 e. The molecule has 0 saturated heterocycles. The average Bonchev–Trinajstić information content (AvgIpc) is 1.90. The Morgan fingerprint density at radius 2 is 1.54 bits per heavy atom. The molecule has 1 rings (SSSR count). The molecular weight excluding hydrogens is 162 g/mol. The zero-order chi connectivity index (χ0) is 7.82. The summed E-state index contributed by atoms with van der Waals surface area (Å²) in [5.74, 6) is 0. The van der Waals surface area contributed by atoms with E-state index in [0.717, 1.165) is 0 Å². The summed E-state index contributed by atoms with van der Waals surface area (Å²) in [6.45, 7) is 0. The van der Waals surface area contributed by atoms with Crippen molar-refractivity contribution in [1.29, 1.82) is 0 Å². The van der Waals surface area contributed by atoms with Crippen molar-refractivity contribution in [2.75, 3.05) is 0 Å². The minimum atomic E-state index is -2.92. The summed E-state index contributed by atoms with van der Waals surface area (Å²) in [6, 6.07) is 0. The molecule has 0 N–H and O–H groups in total. The first-order chi connectivity index (χ1) is 4.73. The van der Waals surface area contributed by atoms with E-state index < -0.39 is 7.32 Å². The molecule has 0 radical (unpaired) electrons. The number of nitrogens with zero attached hydrogens (tertiary/aromatic N) is 1. The molecule has 0 aromatic heterocycles. The van der Waals surface area contributed by atoms with Gasteiger partial charge in [0.15, 0.2) is 0 Å². The fourth-order valence-electron chi connectivity index (χ4n) is 0.177. The van der Waals surface area contributed by atoms with Crippen LogP contribution in [0.2, 0.25) is 0 Å². The van der Waals surface area contributed by atoms with E-state index in [1.807, 2.05) is 0 Å². The molecule has 56 valence electrons. The Morgan fingerprint density at radius 3 is 1.62 bits per heavy atom. The van der Waals surface area contributed by atoms with Gasteiger partial charge in [-0.25, -0.2) is 0 Å². The van der Waals surface area contributed by atoms with Crippen LogP contribution in [0.3, 0.4) is 0 Å². The van der Waals surface area contributed by atoms with Crippen molar-refractivity contribution in [1.82, 2.24) is 0 Å². The smallest absolute Gasteiger partial charge is 0.907 e. The molecule has 10 heteroatoms. The molecule has 0 fully saturated rings. The fourth-order valence-corrected chi connectivity index (χ4v) is 0.177. The normalized spacial score (nSPS) is 9.46. The van der Waals surface area contributed by atoms with Crippen LogP contribution >= 0.6 is 0 Å². The first kappa shape index (κ1) is 23.5. The van der Waals surface area contributed by atoms with Crippen LogP contribution in [0.1, 0.15) is 0 Å². The molecular formula is C3H3BLi3NO5. The standard InChI is InChI=1S/C3H3NO2.BO3.3Li/c1-2-4-6-5-3-1;2-1(3)4;;;/h1-3H;;;;/q;-3;3*+1. The van der Waals surface area contributed by atoms with Gasteiger partial charge in [-0.15, -0.1) is 0 Å². The second-order valence-corrected chi connectivity index (χ2v) is 1.04. The minimum absolute atomic E-state index is 0. The first-order valence-electron chi connectivity index (χ1n) is 2.22. The molecule has 0 atom stereocenters. The molecule has 0 aromatic carbocycles. The van der Waals surface area contributed by atoms with E-state index in [9.17, 15) is 0 Å². The van der Waals surface area contributed by atoms with Gasteiger partial charge < -0.3 is 15.1 Å². The Bertz CT molecular complexity index is 119. The topological polar surface area (TPSA) is 100 Å². The first-order valence-corrected chi connectivity index (χ1v) is 2.22. The van der Waals surface area contributed by atoms with Crippen LogP contribution in [0.5, 0.6) is 0 Å². The zero-order valence-electron chi connectivity index (χ0n) is 7.80. The van der Waals surface area contributed by atoms with Gasteiger partial charge in [-0.2, -0.15) is 4.99 Å². The molecule has 0 aromatic rings. The number of oxime groups is 1. The number of hydrogen-bond donors (Lipinski definition) is 0. The van der Waals surface area contributed by atoms with Gasteiger partial charge in [0.05, 0.1) is 6.21 Å². The van der Waals surface area contributed by atoms with Crippen molar-refractivity contribution in [3.63, 3.8) is 0 Å². The van der Waals surface area contributed by atoms with Crippen LogP contribution in [0.25, 0.3) is 0 Å². The fraction of sp³-hybridized carbons (Fsp3) is 0. The second-order valence-electron chi connectivity index (χ2n) is 1.04. The predicted molar refractivity (Wildman–Crippen MR) is 25.6 cm³/mol. The van der Waals surface area contributed by atoms with Crippen LogP contribution in [-0.4, -0.2) is 13.5 Å². The van der Waals surface area contributed by atoms with Gasteiger partial charge in [0.2, 0.25) is 0 Å². The molecule has 1 aliphatic rings. The second kappa shape index (κ2) is 18.5. The summed E-state index contributed by atoms with van der Waals surface area (Å²) in [6.07, 6.45) is 4.51. The maximum Gasteiger partial charge on any atom is 1.00 e. The van der Waals surface area contributed by atoms with Gasteiger partial charge in [-0.3, -0.25) is 12.2 Å². The Morgan fingerprint density at radius 1 is 1.08 bits per heavy atom. The Kier molecular flexibility index (Phi) is 33.5. The summed E-state index contributed by atoms with van der Waals surface area (Å²) in [7, 11) is -2.92. The van der Waals surface area contributed by atoms with Gasteiger partial charge >= 0.3 is 56.6 Å². The summed E-state index contributed by atoms with van der Waals surface area (Å²) < 4.78 is 0. The summed E-state index contributed by atoms with van der Waals surface area (Å²) in [5, 5.41) is 28.5. The van der Waals surface area contributed by atoms with Gasteiger partial charge in [0.25, 0.3) is 0 Å². The minimum Gasteiger partial charge on any atom is -0.907 e. The predicted octanol–water partition coefficient (Wildman–Crippen LogP) is -12.5. The summed E-state index contributed by atoms with van der Waals surface area (Å²) >= 11 is 0. The van der Waals surface area contributed by atoms with Crippen LogP contribution in [0.4, 0.5) is 0 Å². The van der Waals surface area contributed by atoms with Gasteiger partial charge in [-0.1, -0.05) is 0 Å². The van der Waals surface area contributed by atoms with E-state index in [0.29, 0.717) is 0 Å². The van der Waals surface area contributed by atoms with Crippen molar-refractivity contribution in [3.8, 4) is 0 Å². The Balaban J connectivity index is -0.0000000536. The Labute approximate surface area is 112 Å². The molecule has 6 nitrogen and oxygen atoms in total. The van der Waals surface area contributed by atoms with Gasteiger partial charge in [0.1, 0.15) is 6.26 Å². The van der Waals surface area contributed by atoms with E-state index in [2.05, 4.69) is 15.0 Å². The number of hydrogen-bond acceptors (Lipinski definition) is 6. The zero-order valence-corrected chi connectivity index (χ0v) is 7.80. The van der Waals surface area contributed by atoms with E-state index in [4.69, 9.17) is 15.1 Å². The van der Waals surface area contributed by atoms with Gasteiger partial charge in [0, 0.05) is 0 Å². The maximum atomic E-state index is 8.42. The van der Waals surface area contributed by atoms with Crippen molar-refractivity contribution >= 4 is 13.5 Å². The monoisotopic (exact) mass is 165 g/mol. The molecule has 1 aliphatic heterocycles. The third kappa shape index (κ3) is 32.3. The molecule has 0 aliphatic carbocycles. The van der Waals surface area contributed by atoms with Crippen LogP contribution in [0.15, 0.2) is 17.5 Å². The van der Waals surface area contributed by atoms with Crippen LogP contribution in [0, 0.1) is 0 Å². The molecule has 13 heavy (non-hydrogen) atoms. The van der Waals surface area contributed by atoms with E-state index in [-0.39, 0.29) is 56.6 Å². The molecule has 1 heterocycles. The molecule has 0 bridgehead atoms. The summed E-state index contributed by atoms with van der Waals surface area (Å²) in [5.41, 5.74) is 0. The van der Waals surface area contributed by atoms with Crippen LogP contribution in [-0.2, 0) is 9.88 Å². The molecule has 0 unspecified atom stereocenters. The SMILES string of the molecule is C1=COON=C1.[Li+].[Li+].[Li+].[O-]B([O-])[O-]. The average molecular weight is 165 g/mol. The molecule has 0 saturated carbocycles. The van der Waals surface area contributed by atoms with E-state index >= 15 is 0 Å².